The molecule has 4 nitrogen and oxygen atoms in total. The molecule has 0 aromatic heterocycles. The first-order valence-electron chi connectivity index (χ1n) is 6.06. The third-order valence-electron chi connectivity index (χ3n) is 2.87. The molecule has 0 heterocycles. The lowest BCUT2D eigenvalue weighted by molar-refractivity contribution is 0.0951. The van der Waals surface area contributed by atoms with Gasteiger partial charge in [0.1, 0.15) is 11.6 Å². The van der Waals surface area contributed by atoms with Crippen molar-refractivity contribution in [3.8, 4) is 5.75 Å². The van der Waals surface area contributed by atoms with Crippen LogP contribution in [0, 0.1) is 5.82 Å². The van der Waals surface area contributed by atoms with Crippen LogP contribution in [-0.2, 0) is 6.54 Å². The van der Waals surface area contributed by atoms with E-state index in [4.69, 9.17) is 10.5 Å². The minimum Gasteiger partial charge on any atom is -0.497 e. The summed E-state index contributed by atoms with van der Waals surface area (Å²) < 4.78 is 18.2. The van der Waals surface area contributed by atoms with Gasteiger partial charge in [0.25, 0.3) is 5.91 Å². The van der Waals surface area contributed by atoms with E-state index in [1.165, 1.54) is 12.1 Å². The fourth-order valence-corrected chi connectivity index (χ4v) is 1.75. The number of halogens is 1. The summed E-state index contributed by atoms with van der Waals surface area (Å²) in [5.74, 6) is -0.152. The number of methoxy groups -OCH3 is 1. The highest BCUT2D eigenvalue weighted by atomic mass is 19.1. The summed E-state index contributed by atoms with van der Waals surface area (Å²) in [5, 5.41) is 2.69. The number of benzene rings is 2. The number of hydrogen-bond acceptors (Lipinski definition) is 3. The number of ether oxygens (including phenoxy) is 1. The lowest BCUT2D eigenvalue weighted by Gasteiger charge is -2.08. The quantitative estimate of drug-likeness (QED) is 0.841. The molecule has 1 amide bonds. The molecule has 0 radical (unpaired) electrons. The van der Waals surface area contributed by atoms with Crippen molar-refractivity contribution in [1.29, 1.82) is 0 Å². The lowest BCUT2D eigenvalue weighted by Crippen LogP contribution is -2.23. The van der Waals surface area contributed by atoms with Crippen LogP contribution in [0.25, 0.3) is 0 Å². The highest BCUT2D eigenvalue weighted by Gasteiger charge is 2.10. The Hall–Kier alpha value is -2.56. The monoisotopic (exact) mass is 274 g/mol. The summed E-state index contributed by atoms with van der Waals surface area (Å²) >= 11 is 0. The van der Waals surface area contributed by atoms with Gasteiger partial charge in [-0.3, -0.25) is 4.79 Å². The topological polar surface area (TPSA) is 64.3 Å². The standard InChI is InChI=1S/C15H15FN2O2/c1-20-12-5-2-10(3-6-12)9-18-15(19)13-8-11(16)4-7-14(13)17/h2-8H,9,17H2,1H3,(H,18,19). The van der Waals surface area contributed by atoms with E-state index in [9.17, 15) is 9.18 Å². The van der Waals surface area contributed by atoms with Gasteiger partial charge < -0.3 is 15.8 Å². The first-order valence-corrected chi connectivity index (χ1v) is 6.06. The summed E-state index contributed by atoms with van der Waals surface area (Å²) in [6.07, 6.45) is 0. The molecule has 3 N–H and O–H groups in total. The van der Waals surface area contributed by atoms with Gasteiger partial charge in [-0.05, 0) is 35.9 Å². The number of nitrogens with two attached hydrogens (primary N) is 1. The van der Waals surface area contributed by atoms with Crippen LogP contribution in [0.1, 0.15) is 15.9 Å². The van der Waals surface area contributed by atoms with Crippen molar-refractivity contribution < 1.29 is 13.9 Å². The van der Waals surface area contributed by atoms with Gasteiger partial charge in [0, 0.05) is 12.2 Å². The van der Waals surface area contributed by atoms with Crippen LogP contribution in [0.3, 0.4) is 0 Å². The highest BCUT2D eigenvalue weighted by molar-refractivity contribution is 5.99. The molecule has 0 aliphatic rings. The molecule has 0 atom stereocenters. The van der Waals surface area contributed by atoms with Gasteiger partial charge in [0.15, 0.2) is 0 Å². The zero-order valence-electron chi connectivity index (χ0n) is 11.0. The fraction of sp³-hybridized carbons (Fsp3) is 0.133. The van der Waals surface area contributed by atoms with E-state index >= 15 is 0 Å². The van der Waals surface area contributed by atoms with Gasteiger partial charge in [0.2, 0.25) is 0 Å². The van der Waals surface area contributed by atoms with Crippen LogP contribution in [-0.4, -0.2) is 13.0 Å². The maximum Gasteiger partial charge on any atom is 0.253 e. The summed E-state index contributed by atoms with van der Waals surface area (Å²) in [6, 6.07) is 11.0. The van der Waals surface area contributed by atoms with Crippen molar-refractivity contribution in [1.82, 2.24) is 5.32 Å². The minimum absolute atomic E-state index is 0.138. The fourth-order valence-electron chi connectivity index (χ4n) is 1.75. The van der Waals surface area contributed by atoms with Gasteiger partial charge in [-0.25, -0.2) is 4.39 Å². The zero-order chi connectivity index (χ0) is 14.5. The smallest absolute Gasteiger partial charge is 0.253 e. The van der Waals surface area contributed by atoms with E-state index in [1.807, 2.05) is 12.1 Å². The van der Waals surface area contributed by atoms with E-state index in [2.05, 4.69) is 5.32 Å². The Labute approximate surface area is 116 Å². The van der Waals surface area contributed by atoms with Crippen LogP contribution in [0.15, 0.2) is 42.5 Å². The Kier molecular flexibility index (Phi) is 4.20. The highest BCUT2D eigenvalue weighted by Crippen LogP contribution is 2.14. The number of carbonyl (C=O) groups is 1. The predicted molar refractivity (Wildman–Crippen MR) is 75.0 cm³/mol. The normalized spacial score (nSPS) is 10.1. The molecule has 5 heteroatoms. The van der Waals surface area contributed by atoms with E-state index < -0.39 is 11.7 Å². The molecule has 0 bridgehead atoms. The number of hydrogen-bond donors (Lipinski definition) is 2. The van der Waals surface area contributed by atoms with E-state index in [0.717, 1.165) is 17.4 Å². The largest absolute Gasteiger partial charge is 0.497 e. The average Bonchev–Trinajstić information content (AvgIpc) is 2.47. The summed E-state index contributed by atoms with van der Waals surface area (Å²) in [6.45, 7) is 0.332. The maximum atomic E-state index is 13.1. The molecule has 0 spiro atoms. The molecular weight excluding hydrogens is 259 g/mol. The second kappa shape index (κ2) is 6.06. The number of carbonyl (C=O) groups excluding carboxylic acids is 1. The van der Waals surface area contributed by atoms with Crippen LogP contribution in [0.4, 0.5) is 10.1 Å². The molecule has 0 unspecified atom stereocenters. The zero-order valence-corrected chi connectivity index (χ0v) is 11.0. The Bertz CT molecular complexity index is 612. The van der Waals surface area contributed by atoms with Gasteiger partial charge in [-0.15, -0.1) is 0 Å². The molecule has 0 saturated carbocycles. The molecule has 0 saturated heterocycles. The third-order valence-corrected chi connectivity index (χ3v) is 2.87. The summed E-state index contributed by atoms with van der Waals surface area (Å²) in [5.41, 5.74) is 6.95. The first kappa shape index (κ1) is 13.9. The molecule has 2 aromatic rings. The van der Waals surface area contributed by atoms with E-state index in [0.29, 0.717) is 6.54 Å². The second-order valence-electron chi connectivity index (χ2n) is 4.26. The average molecular weight is 274 g/mol. The molecular formula is C15H15FN2O2. The maximum absolute atomic E-state index is 13.1. The lowest BCUT2D eigenvalue weighted by atomic mass is 10.1. The van der Waals surface area contributed by atoms with Gasteiger partial charge >= 0.3 is 0 Å². The van der Waals surface area contributed by atoms with E-state index in [1.54, 1.807) is 19.2 Å². The van der Waals surface area contributed by atoms with Gasteiger partial charge in [-0.1, -0.05) is 12.1 Å². The van der Waals surface area contributed by atoms with Crippen molar-refractivity contribution in [2.45, 2.75) is 6.54 Å². The molecule has 0 aliphatic heterocycles. The molecule has 0 aliphatic carbocycles. The number of nitrogens with one attached hydrogen (secondary N) is 1. The van der Waals surface area contributed by atoms with E-state index in [-0.39, 0.29) is 11.3 Å². The van der Waals surface area contributed by atoms with Gasteiger partial charge in [0.05, 0.1) is 12.7 Å². The molecule has 2 aromatic carbocycles. The molecule has 0 fully saturated rings. The third kappa shape index (κ3) is 3.26. The summed E-state index contributed by atoms with van der Waals surface area (Å²) in [7, 11) is 1.59. The number of anilines is 1. The van der Waals surface area contributed by atoms with Crippen LogP contribution < -0.4 is 15.8 Å². The van der Waals surface area contributed by atoms with Crippen molar-refractivity contribution in [3.63, 3.8) is 0 Å². The van der Waals surface area contributed by atoms with Crippen LogP contribution in [0.2, 0.25) is 0 Å². The van der Waals surface area contributed by atoms with Crippen LogP contribution >= 0.6 is 0 Å². The molecule has 2 rings (SSSR count). The Morgan fingerprint density at radius 2 is 1.95 bits per heavy atom. The number of rotatable bonds is 4. The second-order valence-corrected chi connectivity index (χ2v) is 4.26. The van der Waals surface area contributed by atoms with Crippen LogP contribution in [0.5, 0.6) is 5.75 Å². The minimum atomic E-state index is -0.492. The Morgan fingerprint density at radius 3 is 2.60 bits per heavy atom. The van der Waals surface area contributed by atoms with Crippen molar-refractivity contribution in [3.05, 3.63) is 59.4 Å². The van der Waals surface area contributed by atoms with Crippen molar-refractivity contribution in [2.24, 2.45) is 0 Å². The summed E-state index contributed by atoms with van der Waals surface area (Å²) in [4.78, 5) is 11.9. The molecule has 20 heavy (non-hydrogen) atoms. The number of nitrogen functional groups attached to an aromatic ring is 1. The molecule has 104 valence electrons. The van der Waals surface area contributed by atoms with Crippen molar-refractivity contribution in [2.75, 3.05) is 12.8 Å². The van der Waals surface area contributed by atoms with Crippen molar-refractivity contribution >= 4 is 11.6 Å². The predicted octanol–water partition coefficient (Wildman–Crippen LogP) is 2.35. The number of amides is 1. The van der Waals surface area contributed by atoms with Gasteiger partial charge in [-0.2, -0.15) is 0 Å². The Morgan fingerprint density at radius 1 is 1.25 bits per heavy atom. The Balaban J connectivity index is 2.02. The SMILES string of the molecule is COc1ccc(CNC(=O)c2cc(F)ccc2N)cc1. The first-order chi connectivity index (χ1) is 9.60.